The zero-order valence-corrected chi connectivity index (χ0v) is 14.6. The second-order valence-electron chi connectivity index (χ2n) is 5.11. The summed E-state index contributed by atoms with van der Waals surface area (Å²) in [5.41, 5.74) is 5.27. The molecule has 0 spiro atoms. The predicted octanol–water partition coefficient (Wildman–Crippen LogP) is 2.73. The molecule has 0 aliphatic rings. The fourth-order valence-corrected chi connectivity index (χ4v) is 3.75. The Hall–Kier alpha value is -2.20. The monoisotopic (exact) mass is 369 g/mol. The summed E-state index contributed by atoms with van der Waals surface area (Å²) in [7, 11) is 0. The number of amides is 3. The molecule has 0 fully saturated rings. The van der Waals surface area contributed by atoms with Gasteiger partial charge in [0.15, 0.2) is 4.34 Å². The summed E-state index contributed by atoms with van der Waals surface area (Å²) in [4.78, 5) is 22.8. The van der Waals surface area contributed by atoms with Crippen molar-refractivity contribution in [2.45, 2.75) is 23.4 Å². The van der Waals surface area contributed by atoms with Crippen LogP contribution in [0.1, 0.15) is 13.8 Å². The lowest BCUT2D eigenvalue weighted by Gasteiger charge is -2.16. The lowest BCUT2D eigenvalue weighted by Crippen LogP contribution is -2.42. The molecule has 128 valence electrons. The number of primary amides is 1. The Balaban J connectivity index is 2.07. The third kappa shape index (κ3) is 4.90. The lowest BCUT2D eigenvalue weighted by molar-refractivity contribution is -0.120. The van der Waals surface area contributed by atoms with E-state index in [4.69, 9.17) is 5.73 Å². The maximum atomic E-state index is 13.6. The molecule has 24 heavy (non-hydrogen) atoms. The first-order valence-electron chi connectivity index (χ1n) is 6.99. The second kappa shape index (κ2) is 8.06. The van der Waals surface area contributed by atoms with Crippen LogP contribution < -0.4 is 16.4 Å². The Morgan fingerprint density at radius 3 is 2.62 bits per heavy atom. The minimum absolute atomic E-state index is 0.0544. The fourth-order valence-electron chi connectivity index (χ4n) is 1.78. The van der Waals surface area contributed by atoms with Gasteiger partial charge in [-0.2, -0.15) is 0 Å². The number of aromatic nitrogens is 2. The van der Waals surface area contributed by atoms with Gasteiger partial charge in [-0.1, -0.05) is 49.1 Å². The Morgan fingerprint density at radius 1 is 1.29 bits per heavy atom. The molecule has 2 rings (SSSR count). The number of hydrogen-bond acceptors (Lipinski definition) is 7. The van der Waals surface area contributed by atoms with Gasteiger partial charge in [0.05, 0.1) is 10.9 Å². The first kappa shape index (κ1) is 18.1. The normalized spacial score (nSPS) is 12.0. The van der Waals surface area contributed by atoms with Gasteiger partial charge in [0.25, 0.3) is 0 Å². The van der Waals surface area contributed by atoms with Gasteiger partial charge in [0, 0.05) is 0 Å². The molecule has 0 unspecified atom stereocenters. The van der Waals surface area contributed by atoms with Crippen LogP contribution in [0.25, 0.3) is 0 Å². The van der Waals surface area contributed by atoms with E-state index in [-0.39, 0.29) is 11.6 Å². The number of benzene rings is 1. The van der Waals surface area contributed by atoms with Gasteiger partial charge in [-0.3, -0.25) is 10.1 Å². The summed E-state index contributed by atoms with van der Waals surface area (Å²) in [6, 6.07) is 5.31. The van der Waals surface area contributed by atoms with E-state index in [1.54, 1.807) is 18.2 Å². The highest BCUT2D eigenvalue weighted by atomic mass is 32.2. The van der Waals surface area contributed by atoms with Crippen molar-refractivity contribution in [3.8, 4) is 0 Å². The van der Waals surface area contributed by atoms with Crippen molar-refractivity contribution in [2.24, 2.45) is 11.7 Å². The third-order valence-corrected chi connectivity index (χ3v) is 5.33. The van der Waals surface area contributed by atoms with Gasteiger partial charge in [-0.05, 0) is 18.1 Å². The fraction of sp³-hybridized carbons (Fsp3) is 0.286. The zero-order chi connectivity index (χ0) is 17.7. The summed E-state index contributed by atoms with van der Waals surface area (Å²) in [6.45, 7) is 3.69. The average Bonchev–Trinajstić information content (AvgIpc) is 2.93. The molecule has 1 aromatic heterocycles. The number of nitrogens with zero attached hydrogens (tertiary/aromatic N) is 2. The summed E-state index contributed by atoms with van der Waals surface area (Å²) < 4.78 is 14.1. The first-order valence-corrected chi connectivity index (χ1v) is 8.68. The number of hydrogen-bond donors (Lipinski definition) is 3. The van der Waals surface area contributed by atoms with Gasteiger partial charge in [-0.15, -0.1) is 10.2 Å². The van der Waals surface area contributed by atoms with Gasteiger partial charge in [0.1, 0.15) is 5.82 Å². The number of halogens is 1. The average molecular weight is 369 g/mol. The van der Waals surface area contributed by atoms with E-state index in [0.29, 0.717) is 9.47 Å². The molecule has 0 aliphatic carbocycles. The van der Waals surface area contributed by atoms with Crippen LogP contribution in [0.3, 0.4) is 0 Å². The van der Waals surface area contributed by atoms with Crippen molar-refractivity contribution < 1.29 is 14.0 Å². The van der Waals surface area contributed by atoms with E-state index in [9.17, 15) is 14.0 Å². The molecule has 7 nitrogen and oxygen atoms in total. The molecule has 0 aliphatic heterocycles. The van der Waals surface area contributed by atoms with E-state index in [0.717, 1.165) is 0 Å². The van der Waals surface area contributed by atoms with Crippen molar-refractivity contribution in [3.63, 3.8) is 0 Å². The smallest absolute Gasteiger partial charge is 0.318 e. The van der Waals surface area contributed by atoms with Gasteiger partial charge in [0.2, 0.25) is 11.0 Å². The number of nitrogens with two attached hydrogens (primary N) is 1. The van der Waals surface area contributed by atoms with Crippen molar-refractivity contribution in [3.05, 3.63) is 30.1 Å². The molecule has 10 heteroatoms. The number of thioether (sulfide) groups is 1. The van der Waals surface area contributed by atoms with Crippen molar-refractivity contribution in [2.75, 3.05) is 5.32 Å². The van der Waals surface area contributed by atoms with Crippen LogP contribution in [-0.4, -0.2) is 27.4 Å². The minimum atomic E-state index is -0.898. The molecule has 0 radical (unpaired) electrons. The summed E-state index contributed by atoms with van der Waals surface area (Å²) in [6.07, 6.45) is 0. The Bertz CT molecular complexity index is 737. The molecule has 0 bridgehead atoms. The first-order chi connectivity index (χ1) is 11.4. The number of imide groups is 1. The Kier molecular flexibility index (Phi) is 6.10. The number of rotatable bonds is 6. The quantitative estimate of drug-likeness (QED) is 0.675. The number of nitrogens with one attached hydrogen (secondary N) is 2. The van der Waals surface area contributed by atoms with Crippen LogP contribution in [0.4, 0.5) is 20.0 Å². The Morgan fingerprint density at radius 2 is 2.00 bits per heavy atom. The highest BCUT2D eigenvalue weighted by Gasteiger charge is 2.26. The minimum Gasteiger partial charge on any atom is -0.351 e. The standard InChI is InChI=1S/C14H16FN5O2S2/c1-7(2)10(11(21)18-12(16)22)23-14-20-19-13(24-14)17-9-6-4-3-5-8(9)15/h3-7,10H,1-2H3,(H,17,19)(H3,16,18,21,22)/t10-/m1/s1. The van der Waals surface area contributed by atoms with E-state index >= 15 is 0 Å². The van der Waals surface area contributed by atoms with Crippen LogP contribution in [0.5, 0.6) is 0 Å². The molecular formula is C14H16FN5O2S2. The largest absolute Gasteiger partial charge is 0.351 e. The molecule has 0 saturated heterocycles. The molecule has 3 amide bonds. The van der Waals surface area contributed by atoms with E-state index in [1.807, 2.05) is 13.8 Å². The topological polar surface area (TPSA) is 110 Å². The predicted molar refractivity (Wildman–Crippen MR) is 91.8 cm³/mol. The molecule has 2 aromatic rings. The maximum Gasteiger partial charge on any atom is 0.318 e. The molecular weight excluding hydrogens is 353 g/mol. The van der Waals surface area contributed by atoms with E-state index in [2.05, 4.69) is 20.8 Å². The van der Waals surface area contributed by atoms with Crippen LogP contribution >= 0.6 is 23.1 Å². The number of anilines is 2. The maximum absolute atomic E-state index is 13.6. The van der Waals surface area contributed by atoms with Crippen LogP contribution in [0.15, 0.2) is 28.6 Å². The van der Waals surface area contributed by atoms with Crippen molar-refractivity contribution >= 4 is 45.9 Å². The molecule has 4 N–H and O–H groups in total. The lowest BCUT2D eigenvalue weighted by atomic mass is 10.1. The van der Waals surface area contributed by atoms with Crippen molar-refractivity contribution in [1.29, 1.82) is 0 Å². The highest BCUT2D eigenvalue weighted by Crippen LogP contribution is 2.33. The Labute approximate surface area is 146 Å². The van der Waals surface area contributed by atoms with E-state index in [1.165, 1.54) is 29.2 Å². The second-order valence-corrected chi connectivity index (χ2v) is 7.48. The van der Waals surface area contributed by atoms with Crippen LogP contribution in [-0.2, 0) is 4.79 Å². The zero-order valence-electron chi connectivity index (χ0n) is 12.9. The number of para-hydroxylation sites is 1. The molecule has 1 aromatic carbocycles. The molecule has 0 saturated carbocycles. The van der Waals surface area contributed by atoms with Crippen molar-refractivity contribution in [1.82, 2.24) is 15.5 Å². The summed E-state index contributed by atoms with van der Waals surface area (Å²) >= 11 is 2.36. The molecule has 1 heterocycles. The summed E-state index contributed by atoms with van der Waals surface area (Å²) in [5, 5.41) is 12.7. The number of carbonyl (C=O) groups excluding carboxylic acids is 2. The van der Waals surface area contributed by atoms with Gasteiger partial charge >= 0.3 is 6.03 Å². The van der Waals surface area contributed by atoms with E-state index < -0.39 is 23.0 Å². The number of urea groups is 1. The van der Waals surface area contributed by atoms with Crippen LogP contribution in [0.2, 0.25) is 0 Å². The highest BCUT2D eigenvalue weighted by molar-refractivity contribution is 8.02. The molecule has 1 atom stereocenters. The third-order valence-electron chi connectivity index (χ3n) is 2.86. The number of carbonyl (C=O) groups is 2. The van der Waals surface area contributed by atoms with Gasteiger partial charge < -0.3 is 11.1 Å². The SMILES string of the molecule is CC(C)[C@@H](Sc1nnc(Nc2ccccc2F)s1)C(=O)NC(N)=O. The van der Waals surface area contributed by atoms with Gasteiger partial charge in [-0.25, -0.2) is 9.18 Å². The summed E-state index contributed by atoms with van der Waals surface area (Å²) in [5.74, 6) is -0.940. The van der Waals surface area contributed by atoms with Crippen LogP contribution in [0, 0.1) is 11.7 Å².